The smallest absolute Gasteiger partial charge is 0.0772 e. The topological polar surface area (TPSA) is 12.0 Å². The normalized spacial score (nSPS) is 17.7. The van der Waals surface area contributed by atoms with Gasteiger partial charge in [-0.15, -0.1) is 23.5 Å². The van der Waals surface area contributed by atoms with Gasteiger partial charge in [0.05, 0.1) is 16.0 Å². The molecule has 96 valence electrons. The average molecular weight is 303 g/mol. The molecule has 0 amide bonds. The maximum absolute atomic E-state index is 3.64. The Morgan fingerprint density at radius 2 is 1.68 bits per heavy atom. The SMILES string of the molecule is c1ccc2c(c1)Nc1c(cccc1C1SCCS1)S2. The third-order valence-electron chi connectivity index (χ3n) is 3.30. The second kappa shape index (κ2) is 5.00. The summed E-state index contributed by atoms with van der Waals surface area (Å²) in [5, 5.41) is 3.64. The molecule has 2 aromatic rings. The molecule has 0 saturated carbocycles. The Morgan fingerprint density at radius 1 is 0.895 bits per heavy atom. The number of anilines is 2. The number of nitrogens with one attached hydrogen (secondary N) is 1. The van der Waals surface area contributed by atoms with Gasteiger partial charge in [-0.05, 0) is 23.8 Å². The third kappa shape index (κ3) is 2.16. The molecule has 0 atom stereocenters. The van der Waals surface area contributed by atoms with Gasteiger partial charge in [-0.3, -0.25) is 0 Å². The summed E-state index contributed by atoms with van der Waals surface area (Å²) in [6.07, 6.45) is 0. The first-order valence-corrected chi connectivity index (χ1v) is 9.23. The van der Waals surface area contributed by atoms with Crippen molar-refractivity contribution in [3.05, 3.63) is 48.0 Å². The molecule has 0 radical (unpaired) electrons. The molecule has 2 aromatic carbocycles. The van der Waals surface area contributed by atoms with Crippen LogP contribution >= 0.6 is 35.3 Å². The first kappa shape index (κ1) is 12.1. The van der Waals surface area contributed by atoms with Gasteiger partial charge in [-0.1, -0.05) is 36.0 Å². The molecular formula is C15H13NS3. The van der Waals surface area contributed by atoms with Crippen molar-refractivity contribution in [1.82, 2.24) is 0 Å². The summed E-state index contributed by atoms with van der Waals surface area (Å²) in [4.78, 5) is 2.67. The van der Waals surface area contributed by atoms with Gasteiger partial charge in [-0.2, -0.15) is 0 Å². The number of thioether (sulfide) groups is 2. The molecule has 19 heavy (non-hydrogen) atoms. The van der Waals surface area contributed by atoms with E-state index in [0.29, 0.717) is 4.58 Å². The number of hydrogen-bond donors (Lipinski definition) is 1. The molecule has 0 spiro atoms. The molecule has 4 rings (SSSR count). The Bertz CT molecular complexity index is 621. The lowest BCUT2D eigenvalue weighted by atomic mass is 10.2. The van der Waals surface area contributed by atoms with Gasteiger partial charge in [0.25, 0.3) is 0 Å². The van der Waals surface area contributed by atoms with E-state index in [4.69, 9.17) is 0 Å². The fourth-order valence-corrected chi connectivity index (χ4v) is 6.36. The van der Waals surface area contributed by atoms with Crippen LogP contribution in [0.5, 0.6) is 0 Å². The molecule has 2 aliphatic rings. The molecule has 1 nitrogen and oxygen atoms in total. The predicted molar refractivity (Wildman–Crippen MR) is 87.9 cm³/mol. The summed E-state index contributed by atoms with van der Waals surface area (Å²) in [7, 11) is 0. The second-order valence-electron chi connectivity index (χ2n) is 4.52. The van der Waals surface area contributed by atoms with E-state index in [0.717, 1.165) is 0 Å². The Kier molecular flexibility index (Phi) is 3.17. The van der Waals surface area contributed by atoms with Gasteiger partial charge >= 0.3 is 0 Å². The van der Waals surface area contributed by atoms with E-state index in [1.54, 1.807) is 0 Å². The molecule has 1 fully saturated rings. The van der Waals surface area contributed by atoms with Crippen LogP contribution in [0.15, 0.2) is 52.3 Å². The van der Waals surface area contributed by atoms with Gasteiger partial charge in [0.15, 0.2) is 0 Å². The second-order valence-corrected chi connectivity index (χ2v) is 8.33. The molecule has 0 aliphatic carbocycles. The monoisotopic (exact) mass is 303 g/mol. The van der Waals surface area contributed by atoms with Crippen LogP contribution in [0, 0.1) is 0 Å². The lowest BCUT2D eigenvalue weighted by Gasteiger charge is -2.24. The van der Waals surface area contributed by atoms with Gasteiger partial charge in [0.2, 0.25) is 0 Å². The van der Waals surface area contributed by atoms with E-state index < -0.39 is 0 Å². The van der Waals surface area contributed by atoms with Crippen LogP contribution in [0.2, 0.25) is 0 Å². The number of rotatable bonds is 1. The number of para-hydroxylation sites is 2. The van der Waals surface area contributed by atoms with Crippen molar-refractivity contribution >= 4 is 46.7 Å². The highest BCUT2D eigenvalue weighted by Gasteiger charge is 2.25. The minimum atomic E-state index is 0.591. The van der Waals surface area contributed by atoms with E-state index >= 15 is 0 Å². The molecule has 0 bridgehead atoms. The minimum absolute atomic E-state index is 0.591. The molecule has 1 saturated heterocycles. The maximum Gasteiger partial charge on any atom is 0.0772 e. The van der Waals surface area contributed by atoms with E-state index in [9.17, 15) is 0 Å². The molecule has 2 heterocycles. The zero-order valence-corrected chi connectivity index (χ0v) is 12.7. The Labute approximate surface area is 125 Å². The van der Waals surface area contributed by atoms with Crippen molar-refractivity contribution in [3.8, 4) is 0 Å². The molecule has 2 aliphatic heterocycles. The highest BCUT2D eigenvalue weighted by molar-refractivity contribution is 8.19. The molecule has 4 heteroatoms. The Hall–Kier alpha value is -0.710. The summed E-state index contributed by atoms with van der Waals surface area (Å²) >= 11 is 6.00. The van der Waals surface area contributed by atoms with Crippen LogP contribution in [0.4, 0.5) is 11.4 Å². The summed E-state index contributed by atoms with van der Waals surface area (Å²) in [6, 6.07) is 15.2. The van der Waals surface area contributed by atoms with Crippen molar-refractivity contribution in [1.29, 1.82) is 0 Å². The van der Waals surface area contributed by atoms with Gasteiger partial charge < -0.3 is 5.32 Å². The molecular weight excluding hydrogens is 290 g/mol. The lowest BCUT2D eigenvalue weighted by molar-refractivity contribution is 1.25. The summed E-state index contributed by atoms with van der Waals surface area (Å²) in [6.45, 7) is 0. The number of benzene rings is 2. The summed E-state index contributed by atoms with van der Waals surface area (Å²) in [5.74, 6) is 2.53. The Morgan fingerprint density at radius 3 is 2.58 bits per heavy atom. The first-order valence-electron chi connectivity index (χ1n) is 6.32. The maximum atomic E-state index is 3.64. The predicted octanol–water partition coefficient (Wildman–Crippen LogP) is 5.37. The van der Waals surface area contributed by atoms with Crippen LogP contribution in [-0.2, 0) is 0 Å². The van der Waals surface area contributed by atoms with Gasteiger partial charge in [0, 0.05) is 21.3 Å². The number of fused-ring (bicyclic) bond motifs is 2. The first-order chi connectivity index (χ1) is 9.42. The zero-order chi connectivity index (χ0) is 12.7. The lowest BCUT2D eigenvalue weighted by Crippen LogP contribution is -2.03. The largest absolute Gasteiger partial charge is 0.353 e. The van der Waals surface area contributed by atoms with Crippen molar-refractivity contribution < 1.29 is 0 Å². The van der Waals surface area contributed by atoms with E-state index in [1.807, 2.05) is 11.8 Å². The number of hydrogen-bond acceptors (Lipinski definition) is 4. The standard InChI is InChI=1S/C15H13NS3/c1-2-6-12-11(5-1)16-14-10(15-17-8-9-18-15)4-3-7-13(14)19-12/h1-7,15-16H,8-9H2. The summed E-state index contributed by atoms with van der Waals surface area (Å²) < 4.78 is 0.591. The Balaban J connectivity index is 1.78. The van der Waals surface area contributed by atoms with Crippen molar-refractivity contribution in [2.45, 2.75) is 14.4 Å². The zero-order valence-electron chi connectivity index (χ0n) is 10.3. The highest BCUT2D eigenvalue weighted by Crippen LogP contribution is 2.52. The quantitative estimate of drug-likeness (QED) is 0.648. The highest BCUT2D eigenvalue weighted by atomic mass is 32.2. The van der Waals surface area contributed by atoms with E-state index in [1.165, 1.54) is 38.2 Å². The molecule has 0 unspecified atom stereocenters. The van der Waals surface area contributed by atoms with Gasteiger partial charge in [0.1, 0.15) is 0 Å². The minimum Gasteiger partial charge on any atom is -0.353 e. The van der Waals surface area contributed by atoms with Crippen LogP contribution in [0.25, 0.3) is 0 Å². The molecule has 1 N–H and O–H groups in total. The van der Waals surface area contributed by atoms with Crippen molar-refractivity contribution in [2.75, 3.05) is 16.8 Å². The van der Waals surface area contributed by atoms with Gasteiger partial charge in [-0.25, -0.2) is 0 Å². The third-order valence-corrected chi connectivity index (χ3v) is 7.50. The fraction of sp³-hybridized carbons (Fsp3) is 0.200. The van der Waals surface area contributed by atoms with Crippen molar-refractivity contribution in [3.63, 3.8) is 0 Å². The molecule has 0 aromatic heterocycles. The summed E-state index contributed by atoms with van der Waals surface area (Å²) in [5.41, 5.74) is 4.01. The van der Waals surface area contributed by atoms with Crippen LogP contribution in [0.3, 0.4) is 0 Å². The van der Waals surface area contributed by atoms with Crippen LogP contribution in [-0.4, -0.2) is 11.5 Å². The van der Waals surface area contributed by atoms with Crippen LogP contribution < -0.4 is 5.32 Å². The fourth-order valence-electron chi connectivity index (χ4n) is 2.41. The van der Waals surface area contributed by atoms with Crippen molar-refractivity contribution in [2.24, 2.45) is 0 Å². The average Bonchev–Trinajstić information content (AvgIpc) is 2.98. The van der Waals surface area contributed by atoms with E-state index in [2.05, 4.69) is 71.3 Å². The van der Waals surface area contributed by atoms with E-state index in [-0.39, 0.29) is 0 Å². The van der Waals surface area contributed by atoms with Crippen LogP contribution in [0.1, 0.15) is 10.1 Å².